The molecule has 0 radical (unpaired) electrons. The van der Waals surface area contributed by atoms with E-state index in [-0.39, 0.29) is 6.61 Å². The van der Waals surface area contributed by atoms with E-state index in [0.29, 0.717) is 0 Å². The van der Waals surface area contributed by atoms with E-state index in [2.05, 4.69) is 15.9 Å². The lowest BCUT2D eigenvalue weighted by Crippen LogP contribution is -2.37. The van der Waals surface area contributed by atoms with Crippen LogP contribution in [0, 0.1) is 0 Å². The van der Waals surface area contributed by atoms with Crippen LogP contribution in [0.25, 0.3) is 0 Å². The molecule has 0 aliphatic carbocycles. The van der Waals surface area contributed by atoms with Crippen LogP contribution in [0.5, 0.6) is 5.75 Å². The second-order valence-corrected chi connectivity index (χ2v) is 4.28. The Bertz CT molecular complexity index is 326. The second-order valence-electron chi connectivity index (χ2n) is 3.42. The number of aliphatic hydroxyl groups excluding tert-OH is 1. The first-order valence-corrected chi connectivity index (χ1v) is 5.04. The Morgan fingerprint density at radius 1 is 1.57 bits per heavy atom. The van der Waals surface area contributed by atoms with E-state index in [1.165, 1.54) is 0 Å². The molecule has 1 aromatic carbocycles. The third-order valence-corrected chi connectivity index (χ3v) is 2.81. The number of nitrogens with two attached hydrogens (primary N) is 1. The lowest BCUT2D eigenvalue weighted by Gasteiger charge is -2.24. The number of rotatable bonds is 3. The van der Waals surface area contributed by atoms with Gasteiger partial charge in [0.25, 0.3) is 0 Å². The fourth-order valence-corrected chi connectivity index (χ4v) is 1.85. The third-order valence-electron chi connectivity index (χ3n) is 2.12. The van der Waals surface area contributed by atoms with Gasteiger partial charge in [-0.25, -0.2) is 0 Å². The molecule has 0 unspecified atom stereocenters. The van der Waals surface area contributed by atoms with Gasteiger partial charge >= 0.3 is 0 Å². The smallest absolute Gasteiger partial charge is 0.119 e. The van der Waals surface area contributed by atoms with Crippen molar-refractivity contribution in [3.63, 3.8) is 0 Å². The van der Waals surface area contributed by atoms with Crippen molar-refractivity contribution in [3.8, 4) is 5.75 Å². The molecule has 0 aromatic heterocycles. The zero-order chi connectivity index (χ0) is 10.8. The van der Waals surface area contributed by atoms with Crippen LogP contribution in [0.1, 0.15) is 12.5 Å². The maximum Gasteiger partial charge on any atom is 0.119 e. The maximum atomic E-state index is 9.15. The summed E-state index contributed by atoms with van der Waals surface area (Å²) in [6.45, 7) is 1.66. The van der Waals surface area contributed by atoms with Gasteiger partial charge in [-0.15, -0.1) is 0 Å². The lowest BCUT2D eigenvalue weighted by atomic mass is 9.94. The molecular formula is C10H14BrNO2. The highest BCUT2D eigenvalue weighted by Gasteiger charge is 2.23. The van der Waals surface area contributed by atoms with Gasteiger partial charge in [0.15, 0.2) is 0 Å². The molecule has 0 spiro atoms. The van der Waals surface area contributed by atoms with Crippen LogP contribution < -0.4 is 10.5 Å². The minimum Gasteiger partial charge on any atom is -0.497 e. The molecule has 0 fully saturated rings. The van der Waals surface area contributed by atoms with E-state index in [4.69, 9.17) is 15.6 Å². The highest BCUT2D eigenvalue weighted by molar-refractivity contribution is 9.10. The number of halogens is 1. The third kappa shape index (κ3) is 2.26. The van der Waals surface area contributed by atoms with Crippen LogP contribution in [0.2, 0.25) is 0 Å². The molecule has 1 aromatic rings. The predicted molar refractivity (Wildman–Crippen MR) is 59.3 cm³/mol. The van der Waals surface area contributed by atoms with Crippen LogP contribution in [0.4, 0.5) is 0 Å². The minimum atomic E-state index is -0.757. The van der Waals surface area contributed by atoms with E-state index in [9.17, 15) is 0 Å². The van der Waals surface area contributed by atoms with E-state index in [1.807, 2.05) is 18.2 Å². The molecule has 4 heteroatoms. The topological polar surface area (TPSA) is 55.5 Å². The zero-order valence-electron chi connectivity index (χ0n) is 8.25. The number of hydrogen-bond acceptors (Lipinski definition) is 3. The Balaban J connectivity index is 3.18. The first-order valence-electron chi connectivity index (χ1n) is 4.25. The highest BCUT2D eigenvalue weighted by Crippen LogP contribution is 2.29. The van der Waals surface area contributed by atoms with Crippen molar-refractivity contribution >= 4 is 15.9 Å². The number of methoxy groups -OCH3 is 1. The molecule has 78 valence electrons. The van der Waals surface area contributed by atoms with Crippen LogP contribution >= 0.6 is 15.9 Å². The summed E-state index contributed by atoms with van der Waals surface area (Å²) < 4.78 is 5.96. The van der Waals surface area contributed by atoms with E-state index in [1.54, 1.807) is 14.0 Å². The van der Waals surface area contributed by atoms with Gasteiger partial charge in [0.2, 0.25) is 0 Å². The number of hydrogen-bond donors (Lipinski definition) is 2. The molecule has 0 heterocycles. The Morgan fingerprint density at radius 3 is 2.71 bits per heavy atom. The predicted octanol–water partition coefficient (Wildman–Crippen LogP) is 1.62. The Morgan fingerprint density at radius 2 is 2.21 bits per heavy atom. The first-order chi connectivity index (χ1) is 6.51. The number of benzene rings is 1. The average Bonchev–Trinajstić information content (AvgIpc) is 2.18. The van der Waals surface area contributed by atoms with Crippen molar-refractivity contribution in [2.45, 2.75) is 12.5 Å². The van der Waals surface area contributed by atoms with Gasteiger partial charge in [-0.3, -0.25) is 0 Å². The van der Waals surface area contributed by atoms with Gasteiger partial charge in [0.05, 0.1) is 19.3 Å². The van der Waals surface area contributed by atoms with Crippen LogP contribution in [0.3, 0.4) is 0 Å². The molecule has 0 saturated carbocycles. The van der Waals surface area contributed by atoms with Gasteiger partial charge in [-0.2, -0.15) is 0 Å². The fourth-order valence-electron chi connectivity index (χ4n) is 1.15. The van der Waals surface area contributed by atoms with Crippen molar-refractivity contribution in [3.05, 3.63) is 28.2 Å². The molecule has 0 aliphatic rings. The minimum absolute atomic E-state index is 0.112. The van der Waals surface area contributed by atoms with Crippen molar-refractivity contribution in [1.82, 2.24) is 0 Å². The maximum absolute atomic E-state index is 9.15. The van der Waals surface area contributed by atoms with E-state index in [0.717, 1.165) is 15.8 Å². The number of ether oxygens (including phenoxy) is 1. The summed E-state index contributed by atoms with van der Waals surface area (Å²) in [6.07, 6.45) is 0. The van der Waals surface area contributed by atoms with Gasteiger partial charge in [-0.05, 0) is 30.7 Å². The molecular weight excluding hydrogens is 246 g/mol. The van der Waals surface area contributed by atoms with Gasteiger partial charge in [0, 0.05) is 4.47 Å². The molecule has 14 heavy (non-hydrogen) atoms. The number of aliphatic hydroxyl groups is 1. The molecule has 3 nitrogen and oxygen atoms in total. The lowest BCUT2D eigenvalue weighted by molar-refractivity contribution is 0.209. The largest absolute Gasteiger partial charge is 0.497 e. The van der Waals surface area contributed by atoms with Crippen molar-refractivity contribution in [1.29, 1.82) is 0 Å². The summed E-state index contributed by atoms with van der Waals surface area (Å²) in [5, 5.41) is 9.15. The molecule has 0 saturated heterocycles. The monoisotopic (exact) mass is 259 g/mol. The van der Waals surface area contributed by atoms with Crippen molar-refractivity contribution in [2.75, 3.05) is 13.7 Å². The molecule has 1 atom stereocenters. The van der Waals surface area contributed by atoms with Gasteiger partial charge < -0.3 is 15.6 Å². The molecule has 0 bridgehead atoms. The van der Waals surface area contributed by atoms with E-state index < -0.39 is 5.54 Å². The summed E-state index contributed by atoms with van der Waals surface area (Å²) in [5.41, 5.74) is 6.00. The fraction of sp³-hybridized carbons (Fsp3) is 0.400. The average molecular weight is 260 g/mol. The Hall–Kier alpha value is -0.580. The molecule has 1 rings (SSSR count). The summed E-state index contributed by atoms with van der Waals surface area (Å²) >= 11 is 3.39. The summed E-state index contributed by atoms with van der Waals surface area (Å²) in [7, 11) is 1.60. The van der Waals surface area contributed by atoms with Crippen LogP contribution in [0.15, 0.2) is 22.7 Å². The zero-order valence-corrected chi connectivity index (χ0v) is 9.84. The van der Waals surface area contributed by atoms with Gasteiger partial charge in [-0.1, -0.05) is 15.9 Å². The molecule has 0 amide bonds. The van der Waals surface area contributed by atoms with Crippen LogP contribution in [-0.4, -0.2) is 18.8 Å². The second kappa shape index (κ2) is 4.29. The van der Waals surface area contributed by atoms with Crippen molar-refractivity contribution < 1.29 is 9.84 Å². The first kappa shape index (κ1) is 11.5. The SMILES string of the molecule is COc1ccc(Br)c([C@@](C)(N)CO)c1. The van der Waals surface area contributed by atoms with Gasteiger partial charge in [0.1, 0.15) is 5.75 Å². The van der Waals surface area contributed by atoms with Crippen molar-refractivity contribution in [2.24, 2.45) is 5.73 Å². The summed E-state index contributed by atoms with van der Waals surface area (Å²) in [5.74, 6) is 0.730. The summed E-state index contributed by atoms with van der Waals surface area (Å²) in [4.78, 5) is 0. The highest BCUT2D eigenvalue weighted by atomic mass is 79.9. The molecule has 3 N–H and O–H groups in total. The quantitative estimate of drug-likeness (QED) is 0.868. The van der Waals surface area contributed by atoms with Crippen LogP contribution in [-0.2, 0) is 5.54 Å². The molecule has 0 aliphatic heterocycles. The Labute approximate surface area is 92.0 Å². The normalized spacial score (nSPS) is 14.9. The standard InChI is InChI=1S/C10H14BrNO2/c1-10(12,6-13)8-5-7(14-2)3-4-9(8)11/h3-5,13H,6,12H2,1-2H3/t10-/m0/s1. The summed E-state index contributed by atoms with van der Waals surface area (Å²) in [6, 6.07) is 5.51. The Kier molecular flexibility index (Phi) is 3.53. The van der Waals surface area contributed by atoms with E-state index >= 15 is 0 Å².